The van der Waals surface area contributed by atoms with Crippen LogP contribution in [0.25, 0.3) is 0 Å². The maximum Gasteiger partial charge on any atom is 0.417 e. The number of cyclic esters (lactones) is 2. The lowest BCUT2D eigenvalue weighted by Gasteiger charge is -2.19. The second kappa shape index (κ2) is 23.3. The van der Waals surface area contributed by atoms with Gasteiger partial charge in [0.15, 0.2) is 0 Å². The van der Waals surface area contributed by atoms with Crippen LogP contribution in [0.5, 0.6) is 23.0 Å². The fourth-order valence-electron chi connectivity index (χ4n) is 6.62. The lowest BCUT2D eigenvalue weighted by molar-refractivity contribution is 0.177. The van der Waals surface area contributed by atoms with Gasteiger partial charge in [-0.25, -0.2) is 29.4 Å². The standard InChI is InChI=1S/C24H26N4O3.C14H15NO.C9H11ClN4O2.ClH/c1-4-19-15-30-24(29)28(19)23-26-17(3)25-22(27-23)14-16(2)18-10-12-21(13-11-18)31-20-8-6-5-7-9-20;1-11(15)12-7-9-14(10-8-12)16-13-5-3-2-4-6-13;1-3-6-4-16-9(15)14(6)8-12-5(2)11-7(10)13-8;/h5-13,16,19H,4,14-15H2,1-3H3;2-11H,15H2,1H3;6H,3-4H2,1-2H3;1H/t16-,19+;11-;6-;/m100./s1. The normalized spacial score (nSPS) is 16.2. The number of benzene rings is 4. The van der Waals surface area contributed by atoms with E-state index in [4.69, 9.17) is 36.3 Å². The average molecular weight is 911 g/mol. The molecule has 4 aromatic carbocycles. The first-order chi connectivity index (χ1) is 30.4. The van der Waals surface area contributed by atoms with Gasteiger partial charge in [-0.1, -0.05) is 81.4 Å². The van der Waals surface area contributed by atoms with Crippen LogP contribution in [0.3, 0.4) is 0 Å². The number of nitrogens with two attached hydrogens (primary N) is 1. The minimum absolute atomic E-state index is 0. The number of amides is 2. The number of nitrogens with zero attached hydrogens (tertiary/aromatic N) is 8. The highest BCUT2D eigenvalue weighted by atomic mass is 35.5. The second-order valence-electron chi connectivity index (χ2n) is 14.9. The Balaban J connectivity index is 0.000000197. The molecule has 0 spiro atoms. The number of halogens is 2. The first-order valence-electron chi connectivity index (χ1n) is 20.8. The number of carbonyl (C=O) groups excluding carboxylic acids is 2. The third kappa shape index (κ3) is 13.3. The molecule has 4 heterocycles. The largest absolute Gasteiger partial charge is 0.457 e. The second-order valence-corrected chi connectivity index (χ2v) is 15.3. The SMILES string of the molecule is CC[C@H]1COC(=O)N1c1nc(C)nc(C[C@@H](C)c2ccc(Oc3ccccc3)cc2)n1.CC[C@H]1COC(=O)N1c1nc(C)nc(Cl)n1.C[C@H](N)c1ccc(Oc2ccccc2)cc1.Cl. The van der Waals surface area contributed by atoms with Crippen LogP contribution in [0.2, 0.25) is 5.28 Å². The zero-order chi connectivity index (χ0) is 44.9. The lowest BCUT2D eigenvalue weighted by atomic mass is 9.97. The summed E-state index contributed by atoms with van der Waals surface area (Å²) in [6, 6.07) is 35.3. The maximum absolute atomic E-state index is 12.2. The Morgan fingerprint density at radius 3 is 1.48 bits per heavy atom. The minimum atomic E-state index is -0.437. The molecule has 17 heteroatoms. The number of rotatable bonds is 12. The van der Waals surface area contributed by atoms with Crippen LogP contribution >= 0.6 is 24.0 Å². The van der Waals surface area contributed by atoms with Crippen molar-refractivity contribution in [2.75, 3.05) is 23.0 Å². The monoisotopic (exact) mass is 909 g/mol. The number of aryl methyl sites for hydroxylation is 2. The van der Waals surface area contributed by atoms with Gasteiger partial charge >= 0.3 is 12.2 Å². The predicted octanol–water partition coefficient (Wildman–Crippen LogP) is 10.5. The minimum Gasteiger partial charge on any atom is -0.457 e. The average Bonchev–Trinajstić information content (AvgIpc) is 3.85. The Bertz CT molecular complexity index is 2400. The van der Waals surface area contributed by atoms with E-state index in [9.17, 15) is 9.59 Å². The molecule has 0 aliphatic carbocycles. The molecule has 2 N–H and O–H groups in total. The fourth-order valence-corrected chi connectivity index (χ4v) is 6.82. The third-order valence-corrected chi connectivity index (χ3v) is 10.3. The van der Waals surface area contributed by atoms with Gasteiger partial charge in [0.05, 0.1) is 12.1 Å². The van der Waals surface area contributed by atoms with Crippen molar-refractivity contribution in [1.29, 1.82) is 0 Å². The number of anilines is 2. The molecule has 4 atom stereocenters. The summed E-state index contributed by atoms with van der Waals surface area (Å²) in [7, 11) is 0. The van der Waals surface area contributed by atoms with Crippen molar-refractivity contribution in [3.63, 3.8) is 0 Å². The molecule has 15 nitrogen and oxygen atoms in total. The van der Waals surface area contributed by atoms with Crippen molar-refractivity contribution in [2.24, 2.45) is 5.73 Å². The zero-order valence-electron chi connectivity index (χ0n) is 36.6. The van der Waals surface area contributed by atoms with Gasteiger partial charge in [-0.2, -0.15) is 19.9 Å². The highest BCUT2D eigenvalue weighted by Crippen LogP contribution is 2.28. The predicted molar refractivity (Wildman–Crippen MR) is 248 cm³/mol. The van der Waals surface area contributed by atoms with Gasteiger partial charge < -0.3 is 24.7 Å². The first kappa shape index (κ1) is 48.6. The van der Waals surface area contributed by atoms with Gasteiger partial charge in [0, 0.05) is 12.5 Å². The molecule has 0 unspecified atom stereocenters. The van der Waals surface area contributed by atoms with E-state index in [0.29, 0.717) is 43.1 Å². The van der Waals surface area contributed by atoms with Crippen molar-refractivity contribution >= 4 is 48.1 Å². The Kier molecular flexibility index (Phi) is 17.7. The topological polar surface area (TPSA) is 181 Å². The molecule has 6 aromatic rings. The van der Waals surface area contributed by atoms with E-state index in [1.807, 2.05) is 125 Å². The van der Waals surface area contributed by atoms with Crippen LogP contribution in [-0.2, 0) is 15.9 Å². The van der Waals surface area contributed by atoms with Gasteiger partial charge in [0.2, 0.25) is 17.2 Å². The molecule has 2 aromatic heterocycles. The van der Waals surface area contributed by atoms with E-state index in [1.165, 1.54) is 4.90 Å². The molecule has 2 saturated heterocycles. The van der Waals surface area contributed by atoms with Crippen molar-refractivity contribution in [1.82, 2.24) is 29.9 Å². The van der Waals surface area contributed by atoms with E-state index in [2.05, 4.69) is 49.0 Å². The van der Waals surface area contributed by atoms with Crippen molar-refractivity contribution < 1.29 is 28.5 Å². The third-order valence-electron chi connectivity index (χ3n) is 10.1. The fraction of sp³-hybridized carbons (Fsp3) is 0.319. The van der Waals surface area contributed by atoms with Gasteiger partial charge in [-0.3, -0.25) is 0 Å². The molecule has 8 rings (SSSR count). The van der Waals surface area contributed by atoms with Crippen molar-refractivity contribution in [3.05, 3.63) is 143 Å². The molecule has 2 aliphatic heterocycles. The van der Waals surface area contributed by atoms with Crippen LogP contribution in [0.1, 0.15) is 81.1 Å². The molecule has 0 bridgehead atoms. The molecule has 2 amide bonds. The lowest BCUT2D eigenvalue weighted by Crippen LogP contribution is -2.35. The van der Waals surface area contributed by atoms with E-state index in [0.717, 1.165) is 47.0 Å². The van der Waals surface area contributed by atoms with E-state index in [1.54, 1.807) is 11.8 Å². The van der Waals surface area contributed by atoms with Crippen LogP contribution < -0.4 is 25.0 Å². The molecule has 2 aliphatic rings. The number of ether oxygens (including phenoxy) is 4. The maximum atomic E-state index is 12.2. The molecule has 2 fully saturated rings. The van der Waals surface area contributed by atoms with Crippen LogP contribution in [0.4, 0.5) is 21.5 Å². The van der Waals surface area contributed by atoms with Gasteiger partial charge in [-0.05, 0) is 111 Å². The summed E-state index contributed by atoms with van der Waals surface area (Å²) in [5, 5.41) is 0.0806. The first-order valence-corrected chi connectivity index (χ1v) is 21.2. The Morgan fingerprint density at radius 1 is 0.625 bits per heavy atom. The number of aromatic nitrogens is 6. The summed E-state index contributed by atoms with van der Waals surface area (Å²) in [6.45, 7) is 12.3. The number of hydrogen-bond donors (Lipinski definition) is 1. The molecule has 64 heavy (non-hydrogen) atoms. The number of hydrogen-bond acceptors (Lipinski definition) is 13. The summed E-state index contributed by atoms with van der Waals surface area (Å²) in [4.78, 5) is 52.0. The zero-order valence-corrected chi connectivity index (χ0v) is 38.2. The highest BCUT2D eigenvalue weighted by molar-refractivity contribution is 6.28. The number of carbonyl (C=O) groups is 2. The molecule has 0 radical (unpaired) electrons. The molecule has 0 saturated carbocycles. The van der Waals surface area contributed by atoms with Crippen molar-refractivity contribution in [3.8, 4) is 23.0 Å². The van der Waals surface area contributed by atoms with Crippen LogP contribution in [0.15, 0.2) is 109 Å². The Hall–Kier alpha value is -6.42. The molecular weight excluding hydrogens is 857 g/mol. The van der Waals surface area contributed by atoms with Crippen molar-refractivity contribution in [2.45, 2.75) is 84.8 Å². The quantitative estimate of drug-likeness (QED) is 0.123. The van der Waals surface area contributed by atoms with Crippen LogP contribution in [-0.4, -0.2) is 67.4 Å². The van der Waals surface area contributed by atoms with Gasteiger partial charge in [-0.15, -0.1) is 12.4 Å². The summed E-state index contributed by atoms with van der Waals surface area (Å²) in [6.07, 6.45) is 1.35. The smallest absolute Gasteiger partial charge is 0.417 e. The van der Waals surface area contributed by atoms with Crippen LogP contribution in [0, 0.1) is 13.8 Å². The van der Waals surface area contributed by atoms with E-state index < -0.39 is 12.2 Å². The molecule has 336 valence electrons. The van der Waals surface area contributed by atoms with Gasteiger partial charge in [0.25, 0.3) is 0 Å². The molecular formula is C47H53Cl2N9O6. The number of para-hydroxylation sites is 2. The van der Waals surface area contributed by atoms with E-state index >= 15 is 0 Å². The Morgan fingerprint density at radius 2 is 1.05 bits per heavy atom. The summed E-state index contributed by atoms with van der Waals surface area (Å²) in [5.41, 5.74) is 8.05. The highest BCUT2D eigenvalue weighted by Gasteiger charge is 2.36. The Labute approximate surface area is 384 Å². The summed E-state index contributed by atoms with van der Waals surface area (Å²) in [5.74, 6) is 5.81. The van der Waals surface area contributed by atoms with E-state index in [-0.39, 0.29) is 47.7 Å². The summed E-state index contributed by atoms with van der Waals surface area (Å²) < 4.78 is 21.7. The van der Waals surface area contributed by atoms with Gasteiger partial charge in [0.1, 0.15) is 53.7 Å². The summed E-state index contributed by atoms with van der Waals surface area (Å²) >= 11 is 5.73.